The highest BCUT2D eigenvalue weighted by molar-refractivity contribution is 5.86. The van der Waals surface area contributed by atoms with Gasteiger partial charge in [0, 0.05) is 42.1 Å². The van der Waals surface area contributed by atoms with E-state index in [1.54, 1.807) is 19.1 Å². The first kappa shape index (κ1) is 37.3. The van der Waals surface area contributed by atoms with Crippen molar-refractivity contribution < 1.29 is 23.9 Å². The molecule has 256 valence electrons. The normalized spacial score (nSPS) is 11.2. The van der Waals surface area contributed by atoms with Gasteiger partial charge >= 0.3 is 5.97 Å². The van der Waals surface area contributed by atoms with E-state index in [4.69, 9.17) is 14.2 Å². The molecule has 0 saturated heterocycles. The number of unbranched alkanes of at least 4 members (excludes halogenated alkanes) is 7. The van der Waals surface area contributed by atoms with Crippen molar-refractivity contribution in [3.8, 4) is 11.5 Å². The summed E-state index contributed by atoms with van der Waals surface area (Å²) < 4.78 is 16.4. The molecular weight excluding hydrogens is 612 g/mol. The predicted molar refractivity (Wildman–Crippen MR) is 188 cm³/mol. The Hall–Kier alpha value is -5.13. The Labute approximate surface area is 282 Å². The number of ether oxygens (including phenoxy) is 3. The monoisotopic (exact) mass is 658 g/mol. The van der Waals surface area contributed by atoms with Crippen molar-refractivity contribution in [3.63, 3.8) is 0 Å². The average molecular weight is 659 g/mol. The average Bonchev–Trinajstić information content (AvgIpc) is 3.10. The molecule has 3 aromatic rings. The molecular formula is C36H46N6O6. The minimum Gasteiger partial charge on any atom is -0.494 e. The zero-order valence-corrected chi connectivity index (χ0v) is 28.4. The number of anilines is 1. The minimum absolute atomic E-state index is 0.0321. The number of carbonyl (C=O) groups excluding carboxylic acids is 1. The van der Waals surface area contributed by atoms with Gasteiger partial charge in [-0.15, -0.1) is 10.2 Å². The number of esters is 1. The first-order valence-corrected chi connectivity index (χ1v) is 16.3. The fraction of sp³-hybridized carbons (Fsp3) is 0.417. The molecule has 12 nitrogen and oxygen atoms in total. The molecule has 0 radical (unpaired) electrons. The van der Waals surface area contributed by atoms with Crippen molar-refractivity contribution in [2.24, 2.45) is 20.5 Å². The van der Waals surface area contributed by atoms with E-state index in [1.165, 1.54) is 77.0 Å². The Morgan fingerprint density at radius 3 is 1.75 bits per heavy atom. The lowest BCUT2D eigenvalue weighted by Gasteiger charge is -2.25. The second kappa shape index (κ2) is 20.2. The van der Waals surface area contributed by atoms with E-state index in [0.29, 0.717) is 46.4 Å². The highest BCUT2D eigenvalue weighted by Crippen LogP contribution is 2.41. The Morgan fingerprint density at radius 2 is 1.27 bits per heavy atom. The number of methoxy groups -OCH3 is 2. The van der Waals surface area contributed by atoms with Crippen LogP contribution in [0.1, 0.15) is 65.2 Å². The van der Waals surface area contributed by atoms with Crippen LogP contribution in [0.15, 0.2) is 93.3 Å². The van der Waals surface area contributed by atoms with E-state index in [-0.39, 0.29) is 18.3 Å². The largest absolute Gasteiger partial charge is 0.494 e. The van der Waals surface area contributed by atoms with Crippen LogP contribution in [-0.4, -0.2) is 44.8 Å². The Bertz CT molecular complexity index is 1540. The first-order chi connectivity index (χ1) is 23.2. The van der Waals surface area contributed by atoms with Crippen LogP contribution in [0.3, 0.4) is 0 Å². The third-order valence-corrected chi connectivity index (χ3v) is 7.53. The van der Waals surface area contributed by atoms with Crippen molar-refractivity contribution in [1.82, 2.24) is 0 Å². The number of hydrogen-bond donors (Lipinski definition) is 0. The van der Waals surface area contributed by atoms with Gasteiger partial charge in [0.05, 0.1) is 37.1 Å². The number of rotatable bonds is 21. The standard InChI is InChI=1S/C36H46N6O6/c1-6-7-8-9-10-11-12-13-22-41(23-24-48-36(43)27(2)3)30-18-14-28(15-19-30)37-39-32-25-35(47-5)33(26-34(32)46-4)40-38-29-16-20-31(21-17-29)42(44)45/h14-21,25-26H,2,6-13,22-24H2,1,3-5H3. The summed E-state index contributed by atoms with van der Waals surface area (Å²) in [6.07, 6.45) is 9.86. The maximum Gasteiger partial charge on any atom is 0.333 e. The van der Waals surface area contributed by atoms with Crippen LogP contribution < -0.4 is 14.4 Å². The van der Waals surface area contributed by atoms with Gasteiger partial charge in [-0.3, -0.25) is 10.1 Å². The van der Waals surface area contributed by atoms with Gasteiger partial charge in [-0.1, -0.05) is 58.4 Å². The minimum atomic E-state index is -0.475. The maximum atomic E-state index is 11.9. The lowest BCUT2D eigenvalue weighted by atomic mass is 10.1. The highest BCUT2D eigenvalue weighted by Gasteiger charge is 2.13. The van der Waals surface area contributed by atoms with Gasteiger partial charge in [-0.2, -0.15) is 10.2 Å². The van der Waals surface area contributed by atoms with Crippen LogP contribution in [0.5, 0.6) is 11.5 Å². The van der Waals surface area contributed by atoms with Crippen LogP contribution in [-0.2, 0) is 9.53 Å². The van der Waals surface area contributed by atoms with Crippen molar-refractivity contribution in [1.29, 1.82) is 0 Å². The summed E-state index contributed by atoms with van der Waals surface area (Å²) in [5, 5.41) is 28.1. The zero-order valence-electron chi connectivity index (χ0n) is 28.4. The van der Waals surface area contributed by atoms with E-state index in [9.17, 15) is 14.9 Å². The summed E-state index contributed by atoms with van der Waals surface area (Å²) >= 11 is 0. The van der Waals surface area contributed by atoms with E-state index in [1.807, 2.05) is 24.3 Å². The van der Waals surface area contributed by atoms with Crippen LogP contribution in [0.25, 0.3) is 0 Å². The van der Waals surface area contributed by atoms with Gasteiger partial charge in [0.15, 0.2) is 0 Å². The number of nitrogens with zero attached hydrogens (tertiary/aromatic N) is 6. The third-order valence-electron chi connectivity index (χ3n) is 7.53. The van der Waals surface area contributed by atoms with Crippen LogP contribution in [0.2, 0.25) is 0 Å². The van der Waals surface area contributed by atoms with Crippen molar-refractivity contribution >= 4 is 40.1 Å². The number of benzene rings is 3. The fourth-order valence-electron chi connectivity index (χ4n) is 4.79. The van der Waals surface area contributed by atoms with Gasteiger partial charge in [0.1, 0.15) is 29.5 Å². The summed E-state index contributed by atoms with van der Waals surface area (Å²) in [5.41, 5.74) is 3.26. The molecule has 0 atom stereocenters. The summed E-state index contributed by atoms with van der Waals surface area (Å²) in [6.45, 7) is 9.23. The van der Waals surface area contributed by atoms with Gasteiger partial charge in [0.2, 0.25) is 0 Å². The topological polar surface area (TPSA) is 141 Å². The van der Waals surface area contributed by atoms with Gasteiger partial charge in [0.25, 0.3) is 5.69 Å². The van der Waals surface area contributed by atoms with Crippen molar-refractivity contribution in [2.75, 3.05) is 38.8 Å². The second-order valence-electron chi connectivity index (χ2n) is 11.3. The molecule has 48 heavy (non-hydrogen) atoms. The lowest BCUT2D eigenvalue weighted by molar-refractivity contribution is -0.384. The molecule has 0 aliphatic heterocycles. The number of non-ortho nitro benzene ring substituents is 1. The Balaban J connectivity index is 1.69. The molecule has 3 aromatic carbocycles. The molecule has 12 heteroatoms. The SMILES string of the molecule is C=C(C)C(=O)OCCN(CCCCCCCCCC)c1ccc(N=Nc2cc(OC)c(N=Nc3ccc([N+](=O)[O-])cc3)cc2OC)cc1. The molecule has 3 rings (SSSR count). The fourth-order valence-corrected chi connectivity index (χ4v) is 4.79. The third kappa shape index (κ3) is 12.2. The smallest absolute Gasteiger partial charge is 0.333 e. The van der Waals surface area contributed by atoms with E-state index in [2.05, 4.69) is 38.9 Å². The van der Waals surface area contributed by atoms with Gasteiger partial charge in [-0.25, -0.2) is 4.79 Å². The number of azo groups is 2. The van der Waals surface area contributed by atoms with Gasteiger partial charge in [-0.05, 0) is 49.7 Å². The summed E-state index contributed by atoms with van der Waals surface area (Å²) in [6, 6.07) is 16.8. The number of hydrogen-bond acceptors (Lipinski definition) is 11. The van der Waals surface area contributed by atoms with Crippen molar-refractivity contribution in [3.05, 3.63) is 82.9 Å². The van der Waals surface area contributed by atoms with Crippen LogP contribution in [0.4, 0.5) is 34.1 Å². The molecule has 0 aliphatic rings. The predicted octanol–water partition coefficient (Wildman–Crippen LogP) is 10.5. The number of carbonyl (C=O) groups is 1. The molecule has 0 unspecified atom stereocenters. The maximum absolute atomic E-state index is 11.9. The summed E-state index contributed by atoms with van der Waals surface area (Å²) in [4.78, 5) is 24.6. The Kier molecular flexibility index (Phi) is 15.7. The van der Waals surface area contributed by atoms with Crippen molar-refractivity contribution in [2.45, 2.75) is 65.2 Å². The lowest BCUT2D eigenvalue weighted by Crippen LogP contribution is -2.29. The molecule has 0 fully saturated rings. The number of nitro groups is 1. The molecule has 0 bridgehead atoms. The summed E-state index contributed by atoms with van der Waals surface area (Å²) in [5.74, 6) is 0.426. The van der Waals surface area contributed by atoms with E-state index in [0.717, 1.165) is 25.1 Å². The molecule has 0 spiro atoms. The quantitative estimate of drug-likeness (QED) is 0.0277. The van der Waals surface area contributed by atoms with E-state index < -0.39 is 4.92 Å². The van der Waals surface area contributed by atoms with E-state index >= 15 is 0 Å². The molecule has 0 aromatic heterocycles. The van der Waals surface area contributed by atoms with Crippen LogP contribution in [0, 0.1) is 10.1 Å². The van der Waals surface area contributed by atoms with Gasteiger partial charge < -0.3 is 19.1 Å². The highest BCUT2D eigenvalue weighted by atomic mass is 16.6. The zero-order chi connectivity index (χ0) is 34.7. The Morgan fingerprint density at radius 1 is 0.771 bits per heavy atom. The molecule has 0 aliphatic carbocycles. The molecule has 0 amide bonds. The molecule has 0 heterocycles. The summed E-state index contributed by atoms with van der Waals surface area (Å²) in [7, 11) is 3.02. The molecule has 0 N–H and O–H groups in total. The second-order valence-corrected chi connectivity index (χ2v) is 11.3. The van der Waals surface area contributed by atoms with Crippen LogP contribution >= 0.6 is 0 Å². The molecule has 0 saturated carbocycles. The first-order valence-electron chi connectivity index (χ1n) is 16.3. The number of nitro benzene ring substituents is 1.